The molecule has 2 amide bonds. The number of hydrogen-bond acceptors (Lipinski definition) is 2. The summed E-state index contributed by atoms with van der Waals surface area (Å²) in [5.74, 6) is -0.0448. The number of nitrogens with zero attached hydrogens (tertiary/aromatic N) is 2. The lowest BCUT2D eigenvalue weighted by Gasteiger charge is -2.39. The van der Waals surface area contributed by atoms with Gasteiger partial charge in [0.1, 0.15) is 6.04 Å². The van der Waals surface area contributed by atoms with E-state index in [0.717, 1.165) is 11.3 Å². The first-order chi connectivity index (χ1) is 8.93. The van der Waals surface area contributed by atoms with Crippen LogP contribution < -0.4 is 4.90 Å². The number of amides is 2. The SMILES string of the molecule is CC(=O)N1CCN(c2cccc(C)c2C)C(=O)[C@H]1C. The lowest BCUT2D eigenvalue weighted by Crippen LogP contribution is -2.57. The molecule has 2 rings (SSSR count). The molecule has 1 aliphatic heterocycles. The molecule has 1 aliphatic rings. The Kier molecular flexibility index (Phi) is 3.60. The second-order valence-corrected chi connectivity index (χ2v) is 5.10. The minimum Gasteiger partial charge on any atom is -0.329 e. The summed E-state index contributed by atoms with van der Waals surface area (Å²) >= 11 is 0. The second-order valence-electron chi connectivity index (χ2n) is 5.10. The summed E-state index contributed by atoms with van der Waals surface area (Å²) < 4.78 is 0. The highest BCUT2D eigenvalue weighted by molar-refractivity contribution is 6.00. The number of carbonyl (C=O) groups is 2. The van der Waals surface area contributed by atoms with Crippen molar-refractivity contribution in [2.24, 2.45) is 0 Å². The van der Waals surface area contributed by atoms with Crippen molar-refractivity contribution >= 4 is 17.5 Å². The monoisotopic (exact) mass is 260 g/mol. The Labute approximate surface area is 114 Å². The maximum absolute atomic E-state index is 12.4. The number of benzene rings is 1. The van der Waals surface area contributed by atoms with Crippen LogP contribution in [0.2, 0.25) is 0 Å². The largest absolute Gasteiger partial charge is 0.329 e. The van der Waals surface area contributed by atoms with E-state index < -0.39 is 0 Å². The zero-order chi connectivity index (χ0) is 14.2. The average molecular weight is 260 g/mol. The fourth-order valence-electron chi connectivity index (χ4n) is 2.57. The molecule has 102 valence electrons. The van der Waals surface area contributed by atoms with Gasteiger partial charge in [0.15, 0.2) is 0 Å². The van der Waals surface area contributed by atoms with E-state index in [1.54, 1.807) is 16.7 Å². The van der Waals surface area contributed by atoms with Gasteiger partial charge in [0, 0.05) is 25.7 Å². The molecule has 1 saturated heterocycles. The number of anilines is 1. The van der Waals surface area contributed by atoms with Crippen LogP contribution in [0.4, 0.5) is 5.69 Å². The van der Waals surface area contributed by atoms with Crippen molar-refractivity contribution in [1.82, 2.24) is 4.90 Å². The molecule has 0 bridgehead atoms. The van der Waals surface area contributed by atoms with Crippen LogP contribution in [-0.2, 0) is 9.59 Å². The van der Waals surface area contributed by atoms with Gasteiger partial charge in [-0.05, 0) is 38.0 Å². The Morgan fingerprint density at radius 2 is 1.95 bits per heavy atom. The number of piperazine rings is 1. The highest BCUT2D eigenvalue weighted by Gasteiger charge is 2.34. The third-order valence-corrected chi connectivity index (χ3v) is 3.93. The smallest absolute Gasteiger partial charge is 0.249 e. The van der Waals surface area contributed by atoms with E-state index in [0.29, 0.717) is 13.1 Å². The van der Waals surface area contributed by atoms with Crippen LogP contribution in [0.5, 0.6) is 0 Å². The van der Waals surface area contributed by atoms with Crippen LogP contribution in [0.3, 0.4) is 0 Å². The molecule has 0 aromatic heterocycles. The Bertz CT molecular complexity index is 525. The molecule has 0 saturated carbocycles. The van der Waals surface area contributed by atoms with Gasteiger partial charge in [-0.3, -0.25) is 9.59 Å². The molecular formula is C15H20N2O2. The van der Waals surface area contributed by atoms with Crippen molar-refractivity contribution in [2.75, 3.05) is 18.0 Å². The van der Waals surface area contributed by atoms with E-state index in [9.17, 15) is 9.59 Å². The van der Waals surface area contributed by atoms with E-state index in [2.05, 4.69) is 0 Å². The lowest BCUT2D eigenvalue weighted by molar-refractivity contribution is -0.139. The number of aryl methyl sites for hydroxylation is 1. The molecule has 0 aliphatic carbocycles. The summed E-state index contributed by atoms with van der Waals surface area (Å²) in [5.41, 5.74) is 3.26. The summed E-state index contributed by atoms with van der Waals surface area (Å²) in [6.07, 6.45) is 0. The van der Waals surface area contributed by atoms with Crippen LogP contribution in [0.25, 0.3) is 0 Å². The fourth-order valence-corrected chi connectivity index (χ4v) is 2.57. The molecule has 0 unspecified atom stereocenters. The maximum atomic E-state index is 12.4. The van der Waals surface area contributed by atoms with Gasteiger partial charge in [0.25, 0.3) is 0 Å². The van der Waals surface area contributed by atoms with Gasteiger partial charge in [-0.2, -0.15) is 0 Å². The second kappa shape index (κ2) is 5.03. The Morgan fingerprint density at radius 1 is 1.26 bits per heavy atom. The van der Waals surface area contributed by atoms with E-state index >= 15 is 0 Å². The molecule has 0 N–H and O–H groups in total. The Morgan fingerprint density at radius 3 is 2.58 bits per heavy atom. The van der Waals surface area contributed by atoms with Crippen LogP contribution in [-0.4, -0.2) is 35.8 Å². The molecule has 1 fully saturated rings. The molecule has 0 radical (unpaired) electrons. The van der Waals surface area contributed by atoms with Gasteiger partial charge in [-0.25, -0.2) is 0 Å². The van der Waals surface area contributed by atoms with Crippen molar-refractivity contribution in [3.63, 3.8) is 0 Å². The van der Waals surface area contributed by atoms with E-state index in [1.165, 1.54) is 12.5 Å². The summed E-state index contributed by atoms with van der Waals surface area (Å²) in [4.78, 5) is 27.3. The zero-order valence-electron chi connectivity index (χ0n) is 11.9. The van der Waals surface area contributed by atoms with Gasteiger partial charge in [-0.1, -0.05) is 12.1 Å². The predicted octanol–water partition coefficient (Wildman–Crippen LogP) is 1.89. The first-order valence-corrected chi connectivity index (χ1v) is 6.58. The van der Waals surface area contributed by atoms with Crippen molar-refractivity contribution in [3.8, 4) is 0 Å². The highest BCUT2D eigenvalue weighted by atomic mass is 16.2. The van der Waals surface area contributed by atoms with Crippen LogP contribution in [0.15, 0.2) is 18.2 Å². The molecule has 4 nitrogen and oxygen atoms in total. The van der Waals surface area contributed by atoms with Crippen molar-refractivity contribution in [1.29, 1.82) is 0 Å². The first-order valence-electron chi connectivity index (χ1n) is 6.58. The summed E-state index contributed by atoms with van der Waals surface area (Å²) in [6.45, 7) is 8.53. The molecule has 1 aromatic carbocycles. The third kappa shape index (κ3) is 2.35. The number of carbonyl (C=O) groups excluding carboxylic acids is 2. The van der Waals surface area contributed by atoms with Gasteiger partial charge in [-0.15, -0.1) is 0 Å². The summed E-state index contributed by atoms with van der Waals surface area (Å²) in [5, 5.41) is 0. The van der Waals surface area contributed by atoms with Gasteiger partial charge >= 0.3 is 0 Å². The molecule has 0 spiro atoms. The molecule has 1 heterocycles. The van der Waals surface area contributed by atoms with Crippen molar-refractivity contribution < 1.29 is 9.59 Å². The van der Waals surface area contributed by atoms with Crippen molar-refractivity contribution in [2.45, 2.75) is 33.7 Å². The minimum absolute atomic E-state index is 0.00449. The standard InChI is InChI=1S/C15H20N2O2/c1-10-6-5-7-14(11(10)2)17-9-8-16(13(4)18)12(3)15(17)19/h5-7,12H,8-9H2,1-4H3/t12-/m1/s1. The fraction of sp³-hybridized carbons (Fsp3) is 0.467. The lowest BCUT2D eigenvalue weighted by atomic mass is 10.0. The number of hydrogen-bond donors (Lipinski definition) is 0. The molecule has 4 heteroatoms. The predicted molar refractivity (Wildman–Crippen MR) is 75.1 cm³/mol. The number of rotatable bonds is 1. The van der Waals surface area contributed by atoms with E-state index in [-0.39, 0.29) is 17.9 Å². The Hall–Kier alpha value is -1.84. The molecule has 1 atom stereocenters. The quantitative estimate of drug-likeness (QED) is 0.773. The molecule has 19 heavy (non-hydrogen) atoms. The van der Waals surface area contributed by atoms with E-state index in [1.807, 2.05) is 32.0 Å². The van der Waals surface area contributed by atoms with Gasteiger partial charge in [0.2, 0.25) is 11.8 Å². The first kappa shape index (κ1) is 13.6. The highest BCUT2D eigenvalue weighted by Crippen LogP contribution is 2.26. The average Bonchev–Trinajstić information content (AvgIpc) is 2.36. The van der Waals surface area contributed by atoms with Crippen LogP contribution >= 0.6 is 0 Å². The summed E-state index contributed by atoms with van der Waals surface area (Å²) in [6, 6.07) is 5.59. The van der Waals surface area contributed by atoms with Gasteiger partial charge < -0.3 is 9.80 Å². The third-order valence-electron chi connectivity index (χ3n) is 3.93. The van der Waals surface area contributed by atoms with Gasteiger partial charge in [0.05, 0.1) is 0 Å². The van der Waals surface area contributed by atoms with Crippen molar-refractivity contribution in [3.05, 3.63) is 29.3 Å². The topological polar surface area (TPSA) is 40.6 Å². The van der Waals surface area contributed by atoms with E-state index in [4.69, 9.17) is 0 Å². The minimum atomic E-state index is -0.383. The maximum Gasteiger partial charge on any atom is 0.249 e. The van der Waals surface area contributed by atoms with Crippen LogP contribution in [0.1, 0.15) is 25.0 Å². The zero-order valence-corrected chi connectivity index (χ0v) is 11.9. The normalized spacial score (nSPS) is 19.8. The Balaban J connectivity index is 2.31. The molecular weight excluding hydrogens is 240 g/mol. The molecule has 1 aromatic rings. The van der Waals surface area contributed by atoms with Crippen LogP contribution in [0, 0.1) is 13.8 Å². The summed E-state index contributed by atoms with van der Waals surface area (Å²) in [7, 11) is 0.